The summed E-state index contributed by atoms with van der Waals surface area (Å²) >= 11 is 0. The summed E-state index contributed by atoms with van der Waals surface area (Å²) in [5, 5.41) is 14.4. The Hall–Kier alpha value is -3.21. The molecule has 5 nitrogen and oxygen atoms in total. The van der Waals surface area contributed by atoms with E-state index in [2.05, 4.69) is 5.32 Å². The molecule has 2 atom stereocenters. The second kappa shape index (κ2) is 12.0. The first-order valence-corrected chi connectivity index (χ1v) is 11.3. The highest BCUT2D eigenvalue weighted by molar-refractivity contribution is 5.76. The number of methoxy groups -OCH3 is 1. The molecule has 0 aromatic heterocycles. The maximum Gasteiger partial charge on any atom is 0.423 e. The molecule has 2 rings (SSSR count). The highest BCUT2D eigenvalue weighted by atomic mass is 19.4. The molecule has 0 aliphatic rings. The van der Waals surface area contributed by atoms with Crippen LogP contribution in [-0.4, -0.2) is 36.9 Å². The van der Waals surface area contributed by atoms with Gasteiger partial charge in [-0.2, -0.15) is 52.7 Å². The minimum atomic E-state index is -5.89. The molecule has 0 aliphatic heterocycles. The van der Waals surface area contributed by atoms with Crippen molar-refractivity contribution in [1.82, 2.24) is 5.32 Å². The first kappa shape index (κ1) is 34.0. The number of aliphatic hydroxyl groups is 1. The normalized spacial score (nSPS) is 15.3. The van der Waals surface area contributed by atoms with Crippen LogP contribution in [0.5, 0.6) is 0 Å². The Morgan fingerprint density at radius 1 is 0.829 bits per heavy atom. The predicted octanol–water partition coefficient (Wildman–Crippen LogP) is 6.65. The van der Waals surface area contributed by atoms with Crippen molar-refractivity contribution in [1.29, 1.82) is 0 Å². The summed E-state index contributed by atoms with van der Waals surface area (Å²) in [7, 11) is 1.30. The van der Waals surface area contributed by atoms with Gasteiger partial charge in [-0.3, -0.25) is 4.79 Å². The molecule has 2 aromatic carbocycles. The van der Waals surface area contributed by atoms with Crippen molar-refractivity contribution in [2.24, 2.45) is 0 Å². The van der Waals surface area contributed by atoms with Crippen LogP contribution in [0.15, 0.2) is 36.4 Å². The number of hydrogen-bond donors (Lipinski definition) is 3. The van der Waals surface area contributed by atoms with E-state index >= 15 is 0 Å². The first-order valence-electron chi connectivity index (χ1n) is 11.3. The van der Waals surface area contributed by atoms with E-state index in [0.717, 1.165) is 12.1 Å². The number of nitrogens with one attached hydrogen (secondary N) is 2. The van der Waals surface area contributed by atoms with Crippen LogP contribution < -0.4 is 10.6 Å². The molecule has 1 amide bonds. The number of rotatable bonds is 9. The third-order valence-electron chi connectivity index (χ3n) is 5.85. The average molecular weight is 614 g/mol. The van der Waals surface area contributed by atoms with Crippen molar-refractivity contribution < 1.29 is 67.3 Å². The van der Waals surface area contributed by atoms with Crippen molar-refractivity contribution >= 4 is 11.6 Å². The second-order valence-electron chi connectivity index (χ2n) is 8.90. The molecule has 230 valence electrons. The van der Waals surface area contributed by atoms with Crippen molar-refractivity contribution in [2.45, 2.75) is 56.3 Å². The maximum atomic E-state index is 13.9. The van der Waals surface area contributed by atoms with Gasteiger partial charge < -0.3 is 20.5 Å². The lowest BCUT2D eigenvalue weighted by molar-refractivity contribution is -0.261. The molecule has 0 bridgehead atoms. The number of amides is 1. The van der Waals surface area contributed by atoms with Gasteiger partial charge in [-0.05, 0) is 48.4 Å². The lowest BCUT2D eigenvalue weighted by atomic mass is 9.89. The molecule has 3 N–H and O–H groups in total. The SMILES string of the molecule is CO[C@@H](C)CC(=O)NCc1ccc(NC[C@@](O)(c2cc(C(F)(F)F)cc(C(F)(F)F)c2)C(F)(F)F)cc1C(F)(F)F. The van der Waals surface area contributed by atoms with Crippen LogP contribution in [0.4, 0.5) is 58.4 Å². The molecule has 0 spiro atoms. The van der Waals surface area contributed by atoms with Crippen molar-refractivity contribution in [3.05, 3.63) is 64.2 Å². The minimum Gasteiger partial charge on any atom is -0.381 e. The second-order valence-corrected chi connectivity index (χ2v) is 8.90. The molecule has 0 heterocycles. The molecule has 41 heavy (non-hydrogen) atoms. The van der Waals surface area contributed by atoms with Gasteiger partial charge in [0, 0.05) is 19.3 Å². The number of hydrogen-bond acceptors (Lipinski definition) is 4. The number of carbonyl (C=O) groups excluding carboxylic acids is 1. The van der Waals surface area contributed by atoms with Crippen LogP contribution in [0.2, 0.25) is 0 Å². The average Bonchev–Trinajstić information content (AvgIpc) is 2.83. The highest BCUT2D eigenvalue weighted by Gasteiger charge is 2.56. The largest absolute Gasteiger partial charge is 0.423 e. The van der Waals surface area contributed by atoms with E-state index in [1.807, 2.05) is 5.32 Å². The van der Waals surface area contributed by atoms with E-state index < -0.39 is 95.0 Å². The molecular weight excluding hydrogens is 592 g/mol. The number of anilines is 1. The molecular formula is C24H22F12N2O3. The van der Waals surface area contributed by atoms with E-state index in [-0.39, 0.29) is 18.6 Å². The number of halogens is 12. The van der Waals surface area contributed by atoms with Gasteiger partial charge >= 0.3 is 24.7 Å². The van der Waals surface area contributed by atoms with Crippen LogP contribution in [0.3, 0.4) is 0 Å². The van der Waals surface area contributed by atoms with Gasteiger partial charge in [0.15, 0.2) is 0 Å². The third kappa shape index (κ3) is 8.64. The van der Waals surface area contributed by atoms with Crippen molar-refractivity contribution in [3.63, 3.8) is 0 Å². The van der Waals surface area contributed by atoms with Crippen LogP contribution in [0.1, 0.15) is 41.2 Å². The Balaban J connectivity index is 2.46. The van der Waals surface area contributed by atoms with Crippen molar-refractivity contribution in [3.8, 4) is 0 Å². The van der Waals surface area contributed by atoms with Crippen LogP contribution in [-0.2, 0) is 40.2 Å². The fourth-order valence-corrected chi connectivity index (χ4v) is 3.50. The smallest absolute Gasteiger partial charge is 0.381 e. The standard InChI is InChI=1S/C24H22F12N2O3/c1-12(41-2)5-19(39)37-10-13-3-4-17(9-18(13)23(31,32)33)38-11-20(40,24(34,35)36)14-6-15(21(25,26)27)8-16(7-14)22(28,29)30/h3-4,6-9,12,38,40H,5,10-11H2,1-2H3,(H,37,39)/t12-,20+/m0/s1. The molecule has 17 heteroatoms. The monoisotopic (exact) mass is 614 g/mol. The molecule has 0 unspecified atom stereocenters. The van der Waals surface area contributed by atoms with Crippen LogP contribution in [0, 0.1) is 0 Å². The Kier molecular flexibility index (Phi) is 9.91. The zero-order chi connectivity index (χ0) is 31.6. The van der Waals surface area contributed by atoms with E-state index in [0.29, 0.717) is 6.07 Å². The van der Waals surface area contributed by atoms with E-state index in [1.165, 1.54) is 14.0 Å². The van der Waals surface area contributed by atoms with Gasteiger partial charge in [0.25, 0.3) is 0 Å². The van der Waals surface area contributed by atoms with Gasteiger partial charge in [-0.15, -0.1) is 0 Å². The van der Waals surface area contributed by atoms with E-state index in [1.54, 1.807) is 0 Å². The Labute approximate surface area is 224 Å². The highest BCUT2D eigenvalue weighted by Crippen LogP contribution is 2.44. The molecule has 0 saturated carbocycles. The lowest BCUT2D eigenvalue weighted by Crippen LogP contribution is -2.48. The number of alkyl halides is 12. The van der Waals surface area contributed by atoms with Gasteiger partial charge in [0.1, 0.15) is 0 Å². The molecule has 0 aliphatic carbocycles. The molecule has 0 radical (unpaired) electrons. The summed E-state index contributed by atoms with van der Waals surface area (Å²) in [6.07, 6.45) is -22.8. The van der Waals surface area contributed by atoms with E-state index in [4.69, 9.17) is 4.74 Å². The van der Waals surface area contributed by atoms with E-state index in [9.17, 15) is 62.6 Å². The third-order valence-corrected chi connectivity index (χ3v) is 5.85. The van der Waals surface area contributed by atoms with Gasteiger partial charge in [-0.25, -0.2) is 0 Å². The Bertz CT molecular complexity index is 1190. The summed E-state index contributed by atoms with van der Waals surface area (Å²) < 4.78 is 167. The van der Waals surface area contributed by atoms with Gasteiger partial charge in [-0.1, -0.05) is 6.07 Å². The summed E-state index contributed by atoms with van der Waals surface area (Å²) in [5.41, 5.74) is -13.2. The number of carbonyl (C=O) groups is 1. The quantitative estimate of drug-likeness (QED) is 0.277. The molecule has 2 aromatic rings. The fraction of sp³-hybridized carbons (Fsp3) is 0.458. The lowest BCUT2D eigenvalue weighted by Gasteiger charge is -2.32. The number of benzene rings is 2. The molecule has 0 fully saturated rings. The Morgan fingerprint density at radius 3 is 1.78 bits per heavy atom. The first-order chi connectivity index (χ1) is 18.5. The summed E-state index contributed by atoms with van der Waals surface area (Å²) in [4.78, 5) is 11.9. The summed E-state index contributed by atoms with van der Waals surface area (Å²) in [6, 6.07) is 0.798. The summed E-state index contributed by atoms with van der Waals surface area (Å²) in [6.45, 7) is -0.995. The van der Waals surface area contributed by atoms with Crippen LogP contribution in [0.25, 0.3) is 0 Å². The zero-order valence-electron chi connectivity index (χ0n) is 21.0. The number of ether oxygens (including phenoxy) is 1. The van der Waals surface area contributed by atoms with Crippen molar-refractivity contribution in [2.75, 3.05) is 19.0 Å². The Morgan fingerprint density at radius 2 is 1.34 bits per heavy atom. The van der Waals surface area contributed by atoms with Gasteiger partial charge in [0.2, 0.25) is 11.5 Å². The summed E-state index contributed by atoms with van der Waals surface area (Å²) in [5.74, 6) is -0.677. The predicted molar refractivity (Wildman–Crippen MR) is 119 cm³/mol. The van der Waals surface area contributed by atoms with Crippen LogP contribution >= 0.6 is 0 Å². The maximum absolute atomic E-state index is 13.9. The van der Waals surface area contributed by atoms with Gasteiger partial charge in [0.05, 0.1) is 35.8 Å². The topological polar surface area (TPSA) is 70.6 Å². The minimum absolute atomic E-state index is 0.195. The fourth-order valence-electron chi connectivity index (χ4n) is 3.50. The molecule has 0 saturated heterocycles. The zero-order valence-corrected chi connectivity index (χ0v) is 21.0.